The number of rotatable bonds is 5. The number of carbonyl (C=O) groups excluding carboxylic acids is 1. The van der Waals surface area contributed by atoms with Crippen LogP contribution in [0.2, 0.25) is 0 Å². The van der Waals surface area contributed by atoms with Gasteiger partial charge >= 0.3 is 0 Å². The van der Waals surface area contributed by atoms with E-state index in [1.807, 2.05) is 30.3 Å². The number of benzene rings is 1. The Balaban J connectivity index is 1.74. The Morgan fingerprint density at radius 1 is 1.33 bits per heavy atom. The molecule has 0 bridgehead atoms. The molecule has 1 aromatic heterocycles. The smallest absolute Gasteiger partial charge is 0.183 e. The monoisotopic (exact) mass is 346 g/mol. The number of carbonyl (C=O) groups is 1. The summed E-state index contributed by atoms with van der Waals surface area (Å²) in [5, 5.41) is 3.21. The van der Waals surface area contributed by atoms with Gasteiger partial charge in [0.25, 0.3) is 0 Å². The minimum absolute atomic E-state index is 0.144. The molecule has 0 saturated heterocycles. The molecule has 21 heavy (non-hydrogen) atoms. The van der Waals surface area contributed by atoms with Gasteiger partial charge in [-0.15, -0.1) is 0 Å². The van der Waals surface area contributed by atoms with Crippen LogP contribution >= 0.6 is 15.9 Å². The fourth-order valence-corrected chi connectivity index (χ4v) is 3.25. The molecule has 2 aromatic rings. The molecule has 3 nitrogen and oxygen atoms in total. The van der Waals surface area contributed by atoms with Gasteiger partial charge in [0.05, 0.1) is 6.54 Å². The van der Waals surface area contributed by atoms with E-state index in [4.69, 9.17) is 0 Å². The van der Waals surface area contributed by atoms with Crippen molar-refractivity contribution in [3.63, 3.8) is 0 Å². The fraction of sp³-hybridized carbons (Fsp3) is 0.353. The number of ketones is 1. The van der Waals surface area contributed by atoms with Crippen LogP contribution in [-0.2, 0) is 0 Å². The average molecular weight is 347 g/mol. The van der Waals surface area contributed by atoms with Gasteiger partial charge < -0.3 is 9.88 Å². The highest BCUT2D eigenvalue weighted by atomic mass is 79.9. The fourth-order valence-electron chi connectivity index (χ4n) is 2.83. The van der Waals surface area contributed by atoms with Crippen molar-refractivity contribution in [2.75, 3.05) is 11.9 Å². The lowest BCUT2D eigenvalue weighted by atomic mass is 10.1. The van der Waals surface area contributed by atoms with Gasteiger partial charge in [0.15, 0.2) is 5.78 Å². The number of para-hydroxylation sites is 1. The highest BCUT2D eigenvalue weighted by Crippen LogP contribution is 2.38. The summed E-state index contributed by atoms with van der Waals surface area (Å²) in [6, 6.07) is 10.5. The molecular formula is C17H19BrN2O. The van der Waals surface area contributed by atoms with Gasteiger partial charge in [-0.2, -0.15) is 0 Å². The largest absolute Gasteiger partial charge is 0.377 e. The van der Waals surface area contributed by atoms with Crippen LogP contribution < -0.4 is 5.32 Å². The molecule has 1 heterocycles. The Morgan fingerprint density at radius 2 is 2.05 bits per heavy atom. The van der Waals surface area contributed by atoms with Crippen molar-refractivity contribution >= 4 is 27.4 Å². The van der Waals surface area contributed by atoms with E-state index in [1.165, 1.54) is 18.5 Å². The van der Waals surface area contributed by atoms with E-state index in [0.29, 0.717) is 12.6 Å². The molecule has 0 atom stereocenters. The summed E-state index contributed by atoms with van der Waals surface area (Å²) in [6.45, 7) is 4.46. The van der Waals surface area contributed by atoms with E-state index in [0.717, 1.165) is 21.4 Å². The molecule has 0 aliphatic heterocycles. The number of aryl methyl sites for hydroxylation is 1. The summed E-state index contributed by atoms with van der Waals surface area (Å²) in [4.78, 5) is 12.5. The zero-order valence-electron chi connectivity index (χ0n) is 12.3. The second-order valence-corrected chi connectivity index (χ2v) is 6.50. The van der Waals surface area contributed by atoms with Crippen LogP contribution in [0.1, 0.15) is 40.6 Å². The Hall–Kier alpha value is -1.55. The number of hydrogen-bond acceptors (Lipinski definition) is 2. The van der Waals surface area contributed by atoms with Gasteiger partial charge in [0.1, 0.15) is 0 Å². The molecule has 1 aliphatic carbocycles. The minimum Gasteiger partial charge on any atom is -0.377 e. The molecule has 0 radical (unpaired) electrons. The van der Waals surface area contributed by atoms with E-state index >= 15 is 0 Å². The van der Waals surface area contributed by atoms with Crippen LogP contribution in [0.25, 0.3) is 0 Å². The second kappa shape index (κ2) is 5.68. The zero-order valence-corrected chi connectivity index (χ0v) is 13.9. The number of halogens is 1. The molecule has 1 aliphatic rings. The first-order valence-corrected chi connectivity index (χ1v) is 8.07. The van der Waals surface area contributed by atoms with Crippen LogP contribution in [0.5, 0.6) is 0 Å². The normalized spacial score (nSPS) is 14.2. The molecule has 0 spiro atoms. The van der Waals surface area contributed by atoms with Gasteiger partial charge in [-0.05, 0) is 60.8 Å². The van der Waals surface area contributed by atoms with Crippen LogP contribution in [-0.4, -0.2) is 16.9 Å². The van der Waals surface area contributed by atoms with Crippen molar-refractivity contribution < 1.29 is 4.79 Å². The topological polar surface area (TPSA) is 34.0 Å². The Bertz CT molecular complexity index is 686. The van der Waals surface area contributed by atoms with E-state index in [2.05, 4.69) is 39.7 Å². The number of nitrogens with zero attached hydrogens (tertiary/aromatic N) is 1. The third-order valence-corrected chi connectivity index (χ3v) is 4.70. The van der Waals surface area contributed by atoms with Gasteiger partial charge in [0, 0.05) is 33.2 Å². The van der Waals surface area contributed by atoms with Crippen LogP contribution in [0.4, 0.5) is 5.69 Å². The molecule has 3 rings (SSSR count). The van der Waals surface area contributed by atoms with E-state index in [1.54, 1.807) is 0 Å². The third kappa shape index (κ3) is 2.91. The average Bonchev–Trinajstić information content (AvgIpc) is 3.24. The van der Waals surface area contributed by atoms with Crippen LogP contribution in [0.15, 0.2) is 34.8 Å². The number of hydrogen-bond donors (Lipinski definition) is 1. The molecule has 4 heteroatoms. The van der Waals surface area contributed by atoms with Gasteiger partial charge in [-0.25, -0.2) is 0 Å². The predicted molar refractivity (Wildman–Crippen MR) is 89.1 cm³/mol. The van der Waals surface area contributed by atoms with Crippen molar-refractivity contribution in [2.24, 2.45) is 0 Å². The van der Waals surface area contributed by atoms with E-state index in [-0.39, 0.29) is 5.78 Å². The summed E-state index contributed by atoms with van der Waals surface area (Å²) in [5.41, 5.74) is 4.09. The molecule has 1 fully saturated rings. The summed E-state index contributed by atoms with van der Waals surface area (Å²) >= 11 is 3.48. The first-order chi connectivity index (χ1) is 10.1. The van der Waals surface area contributed by atoms with E-state index < -0.39 is 0 Å². The Morgan fingerprint density at radius 3 is 2.71 bits per heavy atom. The molecule has 0 unspecified atom stereocenters. The highest BCUT2D eigenvalue weighted by Gasteiger charge is 2.28. The van der Waals surface area contributed by atoms with Gasteiger partial charge in [0.2, 0.25) is 0 Å². The molecule has 1 N–H and O–H groups in total. The SMILES string of the molecule is Cc1cc(C(=O)CNc2ccccc2Br)c(C)n1C1CC1. The molecule has 1 aromatic carbocycles. The Kier molecular flexibility index (Phi) is 3.89. The number of aromatic nitrogens is 1. The maximum Gasteiger partial charge on any atom is 0.183 e. The van der Waals surface area contributed by atoms with Gasteiger partial charge in [-0.3, -0.25) is 4.79 Å². The summed E-state index contributed by atoms with van der Waals surface area (Å²) in [7, 11) is 0. The molecule has 110 valence electrons. The minimum atomic E-state index is 0.144. The van der Waals surface area contributed by atoms with Crippen molar-refractivity contribution in [3.05, 3.63) is 51.8 Å². The summed E-state index contributed by atoms with van der Waals surface area (Å²) < 4.78 is 3.28. The van der Waals surface area contributed by atoms with Gasteiger partial charge in [-0.1, -0.05) is 12.1 Å². The van der Waals surface area contributed by atoms with Crippen LogP contribution in [0.3, 0.4) is 0 Å². The highest BCUT2D eigenvalue weighted by molar-refractivity contribution is 9.10. The van der Waals surface area contributed by atoms with Crippen molar-refractivity contribution in [3.8, 4) is 0 Å². The second-order valence-electron chi connectivity index (χ2n) is 5.64. The summed E-state index contributed by atoms with van der Waals surface area (Å²) in [6.07, 6.45) is 2.47. The van der Waals surface area contributed by atoms with Crippen molar-refractivity contribution in [1.82, 2.24) is 4.57 Å². The standard InChI is InChI=1S/C17H19BrN2O/c1-11-9-14(12(2)20(11)13-7-8-13)17(21)10-19-16-6-4-3-5-15(16)18/h3-6,9,13,19H,7-8,10H2,1-2H3. The lowest BCUT2D eigenvalue weighted by Gasteiger charge is -2.09. The zero-order chi connectivity index (χ0) is 15.0. The van der Waals surface area contributed by atoms with Crippen molar-refractivity contribution in [1.29, 1.82) is 0 Å². The lowest BCUT2D eigenvalue weighted by molar-refractivity contribution is 0.101. The predicted octanol–water partition coefficient (Wildman–Crippen LogP) is 4.50. The maximum atomic E-state index is 12.5. The number of Topliss-reactive ketones (excluding diaryl/α,β-unsaturated/α-hetero) is 1. The Labute approximate surface area is 133 Å². The molecule has 0 amide bonds. The lowest BCUT2D eigenvalue weighted by Crippen LogP contribution is -2.15. The molecule has 1 saturated carbocycles. The third-order valence-electron chi connectivity index (χ3n) is 4.01. The van der Waals surface area contributed by atoms with Crippen LogP contribution in [0, 0.1) is 13.8 Å². The number of anilines is 1. The maximum absolute atomic E-state index is 12.5. The van der Waals surface area contributed by atoms with E-state index in [9.17, 15) is 4.79 Å². The van der Waals surface area contributed by atoms with Crippen molar-refractivity contribution in [2.45, 2.75) is 32.7 Å². The summed E-state index contributed by atoms with van der Waals surface area (Å²) in [5.74, 6) is 0.144. The number of nitrogens with one attached hydrogen (secondary N) is 1. The first-order valence-electron chi connectivity index (χ1n) is 7.28. The quantitative estimate of drug-likeness (QED) is 0.809. The first kappa shape index (κ1) is 14.4. The molecular weight excluding hydrogens is 328 g/mol.